The highest BCUT2D eigenvalue weighted by Crippen LogP contribution is 2.42. The van der Waals surface area contributed by atoms with Gasteiger partial charge in [-0.25, -0.2) is 9.50 Å². The van der Waals surface area contributed by atoms with Gasteiger partial charge in [-0.3, -0.25) is 0 Å². The zero-order chi connectivity index (χ0) is 16.9. The SMILES string of the molecule is FC(F)(F)[C@H]1CC[C@H](c2cc3nc4c(c(Cl)n3n2)COCC4)CC1. The molecule has 24 heavy (non-hydrogen) atoms. The van der Waals surface area contributed by atoms with Gasteiger partial charge in [0, 0.05) is 24.0 Å². The molecule has 2 aliphatic rings. The van der Waals surface area contributed by atoms with Crippen LogP contribution in [0.25, 0.3) is 5.65 Å². The van der Waals surface area contributed by atoms with Gasteiger partial charge in [0.1, 0.15) is 5.15 Å². The third kappa shape index (κ3) is 2.77. The van der Waals surface area contributed by atoms with Crippen molar-refractivity contribution in [2.24, 2.45) is 5.92 Å². The summed E-state index contributed by atoms with van der Waals surface area (Å²) in [7, 11) is 0. The number of alkyl halides is 3. The van der Waals surface area contributed by atoms with Crippen LogP contribution < -0.4 is 0 Å². The van der Waals surface area contributed by atoms with Crippen molar-refractivity contribution in [3.05, 3.63) is 28.2 Å². The summed E-state index contributed by atoms with van der Waals surface area (Å²) >= 11 is 6.43. The second-order valence-corrected chi connectivity index (χ2v) is 6.92. The molecule has 0 spiro atoms. The second kappa shape index (κ2) is 5.88. The molecule has 0 saturated heterocycles. The van der Waals surface area contributed by atoms with Crippen molar-refractivity contribution >= 4 is 17.2 Å². The first-order valence-electron chi connectivity index (χ1n) is 8.15. The van der Waals surface area contributed by atoms with Crippen LogP contribution >= 0.6 is 11.6 Å². The van der Waals surface area contributed by atoms with E-state index in [-0.39, 0.29) is 18.8 Å². The summed E-state index contributed by atoms with van der Waals surface area (Å²) in [6, 6.07) is 1.86. The Labute approximate surface area is 142 Å². The molecule has 1 saturated carbocycles. The molecule has 0 unspecified atom stereocenters. The van der Waals surface area contributed by atoms with Crippen LogP contribution in [-0.2, 0) is 17.8 Å². The van der Waals surface area contributed by atoms with E-state index in [9.17, 15) is 13.2 Å². The molecule has 0 N–H and O–H groups in total. The monoisotopic (exact) mass is 359 g/mol. The summed E-state index contributed by atoms with van der Waals surface area (Å²) in [5.74, 6) is -1.15. The predicted molar refractivity (Wildman–Crippen MR) is 82.1 cm³/mol. The predicted octanol–water partition coefficient (Wildman–Crippen LogP) is 4.29. The van der Waals surface area contributed by atoms with Crippen LogP contribution in [-0.4, -0.2) is 27.4 Å². The van der Waals surface area contributed by atoms with Crippen LogP contribution in [0.15, 0.2) is 6.07 Å². The number of rotatable bonds is 1. The second-order valence-electron chi connectivity index (χ2n) is 6.56. The van der Waals surface area contributed by atoms with Crippen LogP contribution in [0.1, 0.15) is 48.6 Å². The number of halogens is 4. The van der Waals surface area contributed by atoms with Crippen LogP contribution in [0, 0.1) is 5.92 Å². The van der Waals surface area contributed by atoms with Crippen molar-refractivity contribution < 1.29 is 17.9 Å². The van der Waals surface area contributed by atoms with Crippen LogP contribution in [0.5, 0.6) is 0 Å². The molecule has 8 heteroatoms. The van der Waals surface area contributed by atoms with E-state index in [1.807, 2.05) is 6.07 Å². The van der Waals surface area contributed by atoms with Crippen LogP contribution in [0.3, 0.4) is 0 Å². The van der Waals surface area contributed by atoms with E-state index < -0.39 is 12.1 Å². The maximum atomic E-state index is 12.8. The Morgan fingerprint density at radius 3 is 2.67 bits per heavy atom. The Hall–Kier alpha value is -1.34. The van der Waals surface area contributed by atoms with Crippen molar-refractivity contribution in [1.29, 1.82) is 0 Å². The highest BCUT2D eigenvalue weighted by atomic mass is 35.5. The van der Waals surface area contributed by atoms with Gasteiger partial charge in [0.15, 0.2) is 5.65 Å². The Kier molecular flexibility index (Phi) is 3.95. The number of fused-ring (bicyclic) bond motifs is 2. The lowest BCUT2D eigenvalue weighted by Gasteiger charge is -2.28. The van der Waals surface area contributed by atoms with Crippen LogP contribution in [0.2, 0.25) is 5.15 Å². The molecule has 130 valence electrons. The average molecular weight is 360 g/mol. The smallest absolute Gasteiger partial charge is 0.376 e. The molecule has 2 aromatic rings. The summed E-state index contributed by atoms with van der Waals surface area (Å²) in [5, 5.41) is 5.01. The molecule has 1 aliphatic carbocycles. The lowest BCUT2D eigenvalue weighted by Crippen LogP contribution is -2.27. The highest BCUT2D eigenvalue weighted by molar-refractivity contribution is 6.30. The van der Waals surface area contributed by atoms with E-state index in [0.717, 1.165) is 17.0 Å². The minimum Gasteiger partial charge on any atom is -0.376 e. The minimum absolute atomic E-state index is 0.0367. The summed E-state index contributed by atoms with van der Waals surface area (Å²) in [5.41, 5.74) is 3.22. The van der Waals surface area contributed by atoms with Crippen molar-refractivity contribution in [2.45, 2.75) is 50.8 Å². The Morgan fingerprint density at radius 2 is 1.96 bits per heavy atom. The largest absolute Gasteiger partial charge is 0.391 e. The number of ether oxygens (including phenoxy) is 1. The Balaban J connectivity index is 1.61. The number of hydrogen-bond acceptors (Lipinski definition) is 3. The molecule has 0 amide bonds. The zero-order valence-electron chi connectivity index (χ0n) is 12.9. The first-order chi connectivity index (χ1) is 11.4. The van der Waals surface area contributed by atoms with Crippen molar-refractivity contribution in [2.75, 3.05) is 6.61 Å². The van der Waals surface area contributed by atoms with Gasteiger partial charge in [0.25, 0.3) is 0 Å². The molecule has 4 nitrogen and oxygen atoms in total. The molecule has 0 bridgehead atoms. The molecule has 0 radical (unpaired) electrons. The summed E-state index contributed by atoms with van der Waals surface area (Å²) < 4.78 is 45.4. The molecule has 0 atom stereocenters. The van der Waals surface area contributed by atoms with Gasteiger partial charge in [0.2, 0.25) is 0 Å². The van der Waals surface area contributed by atoms with E-state index in [1.165, 1.54) is 0 Å². The molecular formula is C16H17ClF3N3O. The van der Waals surface area contributed by atoms with E-state index in [0.29, 0.717) is 43.3 Å². The van der Waals surface area contributed by atoms with Crippen molar-refractivity contribution in [3.8, 4) is 0 Å². The molecule has 1 fully saturated rings. The van der Waals surface area contributed by atoms with E-state index in [1.54, 1.807) is 4.52 Å². The van der Waals surface area contributed by atoms with Gasteiger partial charge in [0.05, 0.1) is 30.5 Å². The first kappa shape index (κ1) is 16.1. The summed E-state index contributed by atoms with van der Waals surface area (Å²) in [4.78, 5) is 4.60. The van der Waals surface area contributed by atoms with E-state index in [2.05, 4.69) is 10.1 Å². The quantitative estimate of drug-likeness (QED) is 0.713. The van der Waals surface area contributed by atoms with Gasteiger partial charge in [-0.05, 0) is 25.7 Å². The number of aromatic nitrogens is 3. The van der Waals surface area contributed by atoms with E-state index in [4.69, 9.17) is 16.3 Å². The maximum absolute atomic E-state index is 12.8. The standard InChI is InChI=1S/C16H17ClF3N3O/c17-15-11-8-24-6-5-12(11)21-14-7-13(22-23(14)15)9-1-3-10(4-2-9)16(18,19)20/h7,9-10H,1-6,8H2/t9-,10-. The van der Waals surface area contributed by atoms with Gasteiger partial charge in [-0.15, -0.1) is 0 Å². The summed E-state index contributed by atoms with van der Waals surface area (Å²) in [6.45, 7) is 1.04. The topological polar surface area (TPSA) is 39.4 Å². The fraction of sp³-hybridized carbons (Fsp3) is 0.625. The van der Waals surface area contributed by atoms with Gasteiger partial charge < -0.3 is 4.74 Å². The first-order valence-corrected chi connectivity index (χ1v) is 8.52. The van der Waals surface area contributed by atoms with Crippen LogP contribution in [0.4, 0.5) is 13.2 Å². The molecule has 0 aromatic carbocycles. The number of hydrogen-bond donors (Lipinski definition) is 0. The lowest BCUT2D eigenvalue weighted by atomic mass is 9.80. The molecule has 1 aliphatic heterocycles. The zero-order valence-corrected chi connectivity index (χ0v) is 13.7. The minimum atomic E-state index is -4.09. The summed E-state index contributed by atoms with van der Waals surface area (Å²) in [6.07, 6.45) is -2.07. The third-order valence-electron chi connectivity index (χ3n) is 5.08. The van der Waals surface area contributed by atoms with Crippen molar-refractivity contribution in [3.63, 3.8) is 0 Å². The van der Waals surface area contributed by atoms with Gasteiger partial charge >= 0.3 is 6.18 Å². The molecule has 2 aromatic heterocycles. The average Bonchev–Trinajstić information content (AvgIpc) is 2.99. The lowest BCUT2D eigenvalue weighted by molar-refractivity contribution is -0.182. The maximum Gasteiger partial charge on any atom is 0.391 e. The fourth-order valence-electron chi connectivity index (χ4n) is 3.67. The van der Waals surface area contributed by atoms with Gasteiger partial charge in [-0.2, -0.15) is 18.3 Å². The molecule has 4 rings (SSSR count). The Bertz CT molecular complexity index is 766. The van der Waals surface area contributed by atoms with E-state index >= 15 is 0 Å². The van der Waals surface area contributed by atoms with Gasteiger partial charge in [-0.1, -0.05) is 11.6 Å². The number of nitrogens with zero attached hydrogens (tertiary/aromatic N) is 3. The van der Waals surface area contributed by atoms with Crippen molar-refractivity contribution in [1.82, 2.24) is 14.6 Å². The third-order valence-corrected chi connectivity index (χ3v) is 5.47. The molecular weight excluding hydrogens is 343 g/mol. The normalized spacial score (nSPS) is 25.0. The Morgan fingerprint density at radius 1 is 1.21 bits per heavy atom. The molecule has 3 heterocycles. The highest BCUT2D eigenvalue weighted by Gasteiger charge is 2.42. The fourth-order valence-corrected chi connectivity index (χ4v) is 3.96.